The lowest BCUT2D eigenvalue weighted by Crippen LogP contribution is -2.31. The zero-order valence-electron chi connectivity index (χ0n) is 10.4. The van der Waals surface area contributed by atoms with Gasteiger partial charge in [0.25, 0.3) is 0 Å². The SMILES string of the molecule is COc1ccc(C#N)c(NC(C)C2CCC2)c1. The van der Waals surface area contributed by atoms with Gasteiger partial charge < -0.3 is 10.1 Å². The highest BCUT2D eigenvalue weighted by Crippen LogP contribution is 2.32. The van der Waals surface area contributed by atoms with Crippen LogP contribution >= 0.6 is 0 Å². The maximum atomic E-state index is 9.07. The van der Waals surface area contributed by atoms with Gasteiger partial charge in [-0.05, 0) is 37.8 Å². The molecule has 1 N–H and O–H groups in total. The van der Waals surface area contributed by atoms with E-state index >= 15 is 0 Å². The predicted molar refractivity (Wildman–Crippen MR) is 68.1 cm³/mol. The first-order valence-corrected chi connectivity index (χ1v) is 6.09. The molecule has 1 saturated carbocycles. The quantitative estimate of drug-likeness (QED) is 0.864. The average molecular weight is 230 g/mol. The van der Waals surface area contributed by atoms with Gasteiger partial charge >= 0.3 is 0 Å². The molecular weight excluding hydrogens is 212 g/mol. The van der Waals surface area contributed by atoms with Crippen LogP contribution in [0.25, 0.3) is 0 Å². The van der Waals surface area contributed by atoms with Crippen molar-refractivity contribution in [3.8, 4) is 11.8 Å². The summed E-state index contributed by atoms with van der Waals surface area (Å²) in [5, 5.41) is 12.5. The summed E-state index contributed by atoms with van der Waals surface area (Å²) in [6.07, 6.45) is 3.92. The van der Waals surface area contributed by atoms with Gasteiger partial charge in [-0.25, -0.2) is 0 Å². The molecule has 0 aliphatic heterocycles. The molecule has 17 heavy (non-hydrogen) atoms. The molecule has 3 heteroatoms. The number of ether oxygens (including phenoxy) is 1. The van der Waals surface area contributed by atoms with Crippen LogP contribution in [0.5, 0.6) is 5.75 Å². The summed E-state index contributed by atoms with van der Waals surface area (Å²) >= 11 is 0. The monoisotopic (exact) mass is 230 g/mol. The molecule has 0 heterocycles. The van der Waals surface area contributed by atoms with Gasteiger partial charge in [0.2, 0.25) is 0 Å². The number of nitriles is 1. The standard InChI is InChI=1S/C14H18N2O/c1-10(11-4-3-5-11)16-14-8-13(17-2)7-6-12(14)9-15/h6-8,10-11,16H,3-5H2,1-2H3. The number of nitrogens with one attached hydrogen (secondary N) is 1. The largest absolute Gasteiger partial charge is 0.497 e. The molecule has 1 aliphatic carbocycles. The molecule has 0 saturated heterocycles. The van der Waals surface area contributed by atoms with Crippen LogP contribution in [0, 0.1) is 17.2 Å². The van der Waals surface area contributed by atoms with E-state index in [9.17, 15) is 0 Å². The van der Waals surface area contributed by atoms with Gasteiger partial charge in [-0.2, -0.15) is 5.26 Å². The normalized spacial score (nSPS) is 16.8. The minimum atomic E-state index is 0.419. The molecule has 1 atom stereocenters. The number of anilines is 1. The molecule has 1 aliphatic rings. The van der Waals surface area contributed by atoms with Gasteiger partial charge in [0, 0.05) is 12.1 Å². The van der Waals surface area contributed by atoms with E-state index in [1.807, 2.05) is 12.1 Å². The second kappa shape index (κ2) is 5.09. The first kappa shape index (κ1) is 11.8. The Balaban J connectivity index is 2.14. The Hall–Kier alpha value is -1.69. The van der Waals surface area contributed by atoms with Crippen molar-refractivity contribution in [1.29, 1.82) is 5.26 Å². The zero-order chi connectivity index (χ0) is 12.3. The number of rotatable bonds is 4. The van der Waals surface area contributed by atoms with E-state index in [0.29, 0.717) is 11.6 Å². The van der Waals surface area contributed by atoms with Crippen molar-refractivity contribution in [3.05, 3.63) is 23.8 Å². The second-order valence-corrected chi connectivity index (χ2v) is 4.65. The predicted octanol–water partition coefficient (Wildman–Crippen LogP) is 3.17. The lowest BCUT2D eigenvalue weighted by molar-refractivity contribution is 0.285. The Bertz CT molecular complexity index is 432. The number of benzene rings is 1. The minimum Gasteiger partial charge on any atom is -0.497 e. The van der Waals surface area contributed by atoms with Crippen molar-refractivity contribution in [3.63, 3.8) is 0 Å². The van der Waals surface area contributed by atoms with Crippen LogP contribution in [-0.4, -0.2) is 13.2 Å². The average Bonchev–Trinajstić information content (AvgIpc) is 2.26. The highest BCUT2D eigenvalue weighted by molar-refractivity contribution is 5.60. The molecule has 0 radical (unpaired) electrons. The number of hydrogen-bond donors (Lipinski definition) is 1. The van der Waals surface area contributed by atoms with Gasteiger partial charge in [0.05, 0.1) is 18.4 Å². The molecule has 2 rings (SSSR count). The third kappa shape index (κ3) is 2.52. The minimum absolute atomic E-state index is 0.419. The Morgan fingerprint density at radius 1 is 1.47 bits per heavy atom. The van der Waals surface area contributed by atoms with E-state index in [2.05, 4.69) is 18.3 Å². The summed E-state index contributed by atoms with van der Waals surface area (Å²) in [6.45, 7) is 2.18. The molecule has 1 aromatic carbocycles. The lowest BCUT2D eigenvalue weighted by Gasteiger charge is -2.32. The van der Waals surface area contributed by atoms with Crippen molar-refractivity contribution in [1.82, 2.24) is 0 Å². The van der Waals surface area contributed by atoms with E-state index in [1.165, 1.54) is 19.3 Å². The Morgan fingerprint density at radius 2 is 2.24 bits per heavy atom. The van der Waals surface area contributed by atoms with Gasteiger partial charge in [-0.3, -0.25) is 0 Å². The van der Waals surface area contributed by atoms with E-state index in [1.54, 1.807) is 13.2 Å². The molecule has 90 valence electrons. The Labute approximate surface area is 102 Å². The van der Waals surface area contributed by atoms with Crippen LogP contribution < -0.4 is 10.1 Å². The van der Waals surface area contributed by atoms with E-state index in [4.69, 9.17) is 10.00 Å². The molecule has 0 aromatic heterocycles. The molecule has 0 amide bonds. The van der Waals surface area contributed by atoms with Crippen molar-refractivity contribution in [2.75, 3.05) is 12.4 Å². The molecular formula is C14H18N2O. The van der Waals surface area contributed by atoms with Crippen LogP contribution in [0.4, 0.5) is 5.69 Å². The van der Waals surface area contributed by atoms with Gasteiger partial charge in [-0.15, -0.1) is 0 Å². The second-order valence-electron chi connectivity index (χ2n) is 4.65. The summed E-state index contributed by atoms with van der Waals surface area (Å²) in [5.41, 5.74) is 1.56. The topological polar surface area (TPSA) is 45.0 Å². The highest BCUT2D eigenvalue weighted by atomic mass is 16.5. The third-order valence-electron chi connectivity index (χ3n) is 3.59. The Morgan fingerprint density at radius 3 is 2.76 bits per heavy atom. The summed E-state index contributed by atoms with van der Waals surface area (Å²) in [4.78, 5) is 0. The van der Waals surface area contributed by atoms with Crippen LogP contribution in [0.3, 0.4) is 0 Å². The number of methoxy groups -OCH3 is 1. The van der Waals surface area contributed by atoms with Gasteiger partial charge in [0.1, 0.15) is 11.8 Å². The smallest absolute Gasteiger partial charge is 0.121 e. The molecule has 1 unspecified atom stereocenters. The molecule has 0 bridgehead atoms. The van der Waals surface area contributed by atoms with E-state index in [0.717, 1.165) is 17.4 Å². The summed E-state index contributed by atoms with van der Waals surface area (Å²) < 4.78 is 5.19. The highest BCUT2D eigenvalue weighted by Gasteiger charge is 2.24. The van der Waals surface area contributed by atoms with Crippen molar-refractivity contribution in [2.24, 2.45) is 5.92 Å². The molecule has 1 aromatic rings. The van der Waals surface area contributed by atoms with Crippen molar-refractivity contribution >= 4 is 5.69 Å². The maximum absolute atomic E-state index is 9.07. The van der Waals surface area contributed by atoms with E-state index < -0.39 is 0 Å². The zero-order valence-corrected chi connectivity index (χ0v) is 10.4. The fourth-order valence-corrected chi connectivity index (χ4v) is 2.17. The van der Waals surface area contributed by atoms with Crippen molar-refractivity contribution < 1.29 is 4.74 Å². The van der Waals surface area contributed by atoms with Crippen LogP contribution in [0.1, 0.15) is 31.7 Å². The lowest BCUT2D eigenvalue weighted by atomic mass is 9.80. The number of nitrogens with zero attached hydrogens (tertiary/aromatic N) is 1. The fraction of sp³-hybridized carbons (Fsp3) is 0.500. The third-order valence-corrected chi connectivity index (χ3v) is 3.59. The molecule has 0 spiro atoms. The van der Waals surface area contributed by atoms with Crippen molar-refractivity contribution in [2.45, 2.75) is 32.2 Å². The van der Waals surface area contributed by atoms with Crippen LogP contribution in [0.2, 0.25) is 0 Å². The van der Waals surface area contributed by atoms with Gasteiger partial charge in [-0.1, -0.05) is 6.42 Å². The number of hydrogen-bond acceptors (Lipinski definition) is 3. The maximum Gasteiger partial charge on any atom is 0.121 e. The first-order chi connectivity index (χ1) is 8.24. The summed E-state index contributed by atoms with van der Waals surface area (Å²) in [5.74, 6) is 1.53. The summed E-state index contributed by atoms with van der Waals surface area (Å²) in [6, 6.07) is 8.14. The molecule has 1 fully saturated rings. The molecule has 3 nitrogen and oxygen atoms in total. The van der Waals surface area contributed by atoms with E-state index in [-0.39, 0.29) is 0 Å². The first-order valence-electron chi connectivity index (χ1n) is 6.09. The van der Waals surface area contributed by atoms with Gasteiger partial charge in [0.15, 0.2) is 0 Å². The summed E-state index contributed by atoms with van der Waals surface area (Å²) in [7, 11) is 1.64. The van der Waals surface area contributed by atoms with Crippen LogP contribution in [0.15, 0.2) is 18.2 Å². The van der Waals surface area contributed by atoms with Crippen LogP contribution in [-0.2, 0) is 0 Å². The fourth-order valence-electron chi connectivity index (χ4n) is 2.17. The Kier molecular flexibility index (Phi) is 3.53.